The molecule has 0 radical (unpaired) electrons. The number of aliphatic hydroxyl groups excluding tert-OH is 1. The van der Waals surface area contributed by atoms with Crippen LogP contribution in [0.25, 0.3) is 22.3 Å². The first-order valence-electron chi connectivity index (χ1n) is 21.8. The van der Waals surface area contributed by atoms with Gasteiger partial charge in [-0.2, -0.15) is 0 Å². The lowest BCUT2D eigenvalue weighted by Gasteiger charge is -2.07. The highest BCUT2D eigenvalue weighted by Crippen LogP contribution is 2.19. The number of nitrogens with zero attached hydrogens (tertiary/aromatic N) is 4. The molecule has 4 heterocycles. The number of hydrogen-bond acceptors (Lipinski definition) is 7. The maximum Gasteiger partial charge on any atom is 0.173 e. The number of methoxy groups -OCH3 is 2. The Morgan fingerprint density at radius 1 is 0.344 bits per heavy atom. The zero-order valence-electron chi connectivity index (χ0n) is 37.0. The second kappa shape index (κ2) is 24.5. The lowest BCUT2D eigenvalue weighted by atomic mass is 10.0. The van der Waals surface area contributed by atoms with Gasteiger partial charge in [-0.25, -0.2) is 18.3 Å². The van der Waals surface area contributed by atoms with E-state index in [0.29, 0.717) is 65.9 Å². The van der Waals surface area contributed by atoms with Crippen LogP contribution in [-0.4, -0.2) is 72.2 Å². The van der Waals surface area contributed by atoms with Crippen LogP contribution in [0.1, 0.15) is 27.8 Å². The Hall–Kier alpha value is -6.34. The number of aliphatic hydroxyl groups is 1. The lowest BCUT2D eigenvalue weighted by molar-refractivity contribution is -0.689. The first kappa shape index (κ1) is 45.7. The Labute approximate surface area is 376 Å². The summed E-state index contributed by atoms with van der Waals surface area (Å²) in [6.45, 7) is 7.33. The third kappa shape index (κ3) is 14.3. The summed E-state index contributed by atoms with van der Waals surface area (Å²) in [6.07, 6.45) is 16.9. The molecule has 0 unspecified atom stereocenters. The minimum atomic E-state index is -0.00671. The molecule has 11 nitrogen and oxygen atoms in total. The molecule has 0 saturated carbocycles. The Kier molecular flexibility index (Phi) is 17.5. The van der Waals surface area contributed by atoms with E-state index in [0.717, 1.165) is 63.5 Å². The average molecular weight is 865 g/mol. The van der Waals surface area contributed by atoms with E-state index in [2.05, 4.69) is 159 Å². The summed E-state index contributed by atoms with van der Waals surface area (Å²) >= 11 is 0. The number of ether oxygens (including phenoxy) is 6. The third-order valence-corrected chi connectivity index (χ3v) is 10.7. The fraction of sp³-hybridized carbons (Fsp3) is 0.283. The molecule has 0 bridgehead atoms. The van der Waals surface area contributed by atoms with E-state index in [1.807, 2.05) is 24.3 Å². The molecular weight excluding hydrogens is 805 g/mol. The van der Waals surface area contributed by atoms with Crippen molar-refractivity contribution in [2.45, 2.75) is 32.8 Å². The van der Waals surface area contributed by atoms with E-state index < -0.39 is 0 Å². The van der Waals surface area contributed by atoms with Gasteiger partial charge in [0.05, 0.1) is 46.2 Å². The van der Waals surface area contributed by atoms with Gasteiger partial charge in [-0.15, -0.1) is 0 Å². The van der Waals surface area contributed by atoms with Crippen LogP contribution in [0, 0.1) is 0 Å². The van der Waals surface area contributed by atoms with Crippen molar-refractivity contribution in [1.29, 1.82) is 0 Å². The molecule has 7 aromatic rings. The number of rotatable bonds is 25. The summed E-state index contributed by atoms with van der Waals surface area (Å²) in [6, 6.07) is 40.0. The van der Waals surface area contributed by atoms with Crippen molar-refractivity contribution in [3.63, 3.8) is 0 Å². The molecule has 0 atom stereocenters. The first-order chi connectivity index (χ1) is 31.5. The Bertz CT molecular complexity index is 2260. The molecule has 0 spiro atoms. The van der Waals surface area contributed by atoms with E-state index in [-0.39, 0.29) is 6.61 Å². The summed E-state index contributed by atoms with van der Waals surface area (Å²) < 4.78 is 41.2. The van der Waals surface area contributed by atoms with E-state index in [1.165, 1.54) is 11.1 Å². The minimum Gasteiger partial charge on any atom is -0.491 e. The minimum absolute atomic E-state index is 0.00671. The molecule has 0 aliphatic heterocycles. The van der Waals surface area contributed by atoms with Crippen LogP contribution in [0.15, 0.2) is 165 Å². The monoisotopic (exact) mass is 864 g/mol. The summed E-state index contributed by atoms with van der Waals surface area (Å²) in [5.41, 5.74) is 10.2. The molecule has 4 aromatic heterocycles. The van der Waals surface area contributed by atoms with Crippen molar-refractivity contribution in [1.82, 2.24) is 0 Å². The Morgan fingerprint density at radius 2 is 0.641 bits per heavy atom. The van der Waals surface area contributed by atoms with Crippen molar-refractivity contribution < 1.29 is 51.8 Å². The fourth-order valence-electron chi connectivity index (χ4n) is 7.28. The smallest absolute Gasteiger partial charge is 0.173 e. The molecule has 7 rings (SSSR count). The number of benzene rings is 3. The van der Waals surface area contributed by atoms with Crippen LogP contribution in [0.3, 0.4) is 0 Å². The summed E-state index contributed by atoms with van der Waals surface area (Å²) in [7, 11) is 3.33. The molecule has 11 heteroatoms. The van der Waals surface area contributed by atoms with Crippen molar-refractivity contribution in [2.75, 3.05) is 67.1 Å². The molecule has 1 N–H and O–H groups in total. The van der Waals surface area contributed by atoms with Gasteiger partial charge in [-0.05, 0) is 94.5 Å². The lowest BCUT2D eigenvalue weighted by Crippen LogP contribution is -2.34. The molecular formula is C53H60N4O7+4. The fourth-order valence-corrected chi connectivity index (χ4v) is 7.28. The van der Waals surface area contributed by atoms with Gasteiger partial charge >= 0.3 is 0 Å². The maximum atomic E-state index is 10.1. The maximum absolute atomic E-state index is 10.1. The number of hydrogen-bond donors (Lipinski definition) is 1. The summed E-state index contributed by atoms with van der Waals surface area (Å²) in [4.78, 5) is 0. The van der Waals surface area contributed by atoms with Crippen LogP contribution < -0.4 is 27.7 Å². The Balaban J connectivity index is 0.880. The van der Waals surface area contributed by atoms with Crippen LogP contribution in [0.2, 0.25) is 0 Å². The van der Waals surface area contributed by atoms with Gasteiger partial charge in [0.25, 0.3) is 0 Å². The topological polar surface area (TPSA) is 91.1 Å². The van der Waals surface area contributed by atoms with Crippen molar-refractivity contribution in [3.05, 3.63) is 193 Å². The Morgan fingerprint density at radius 3 is 0.953 bits per heavy atom. The largest absolute Gasteiger partial charge is 0.491 e. The summed E-state index contributed by atoms with van der Waals surface area (Å²) in [5.74, 6) is 1.67. The second-order valence-electron chi connectivity index (χ2n) is 15.5. The molecule has 0 aliphatic rings. The molecule has 0 fully saturated rings. The molecule has 0 saturated heterocycles. The van der Waals surface area contributed by atoms with Gasteiger partial charge in [0.1, 0.15) is 24.7 Å². The zero-order valence-corrected chi connectivity index (χ0v) is 37.0. The van der Waals surface area contributed by atoms with E-state index >= 15 is 0 Å². The van der Waals surface area contributed by atoms with Gasteiger partial charge in [-0.3, -0.25) is 0 Å². The first-order valence-corrected chi connectivity index (χ1v) is 21.8. The highest BCUT2D eigenvalue weighted by molar-refractivity contribution is 5.61. The van der Waals surface area contributed by atoms with E-state index in [9.17, 15) is 5.11 Å². The molecule has 3 aromatic carbocycles. The predicted octanol–water partition coefficient (Wildman–Crippen LogP) is 5.94. The highest BCUT2D eigenvalue weighted by Gasteiger charge is 2.13. The van der Waals surface area contributed by atoms with E-state index in [4.69, 9.17) is 28.4 Å². The van der Waals surface area contributed by atoms with Gasteiger partial charge in [0, 0.05) is 85.0 Å². The quantitative estimate of drug-likeness (QED) is 0.0563. The molecule has 0 aliphatic carbocycles. The van der Waals surface area contributed by atoms with Crippen LogP contribution in [-0.2, 0) is 51.7 Å². The van der Waals surface area contributed by atoms with Gasteiger partial charge < -0.3 is 33.5 Å². The van der Waals surface area contributed by atoms with Gasteiger partial charge in [-0.1, -0.05) is 0 Å². The van der Waals surface area contributed by atoms with Gasteiger partial charge in [0.2, 0.25) is 0 Å². The summed E-state index contributed by atoms with van der Waals surface area (Å²) in [5, 5.41) is 10.1. The zero-order chi connectivity index (χ0) is 44.2. The van der Waals surface area contributed by atoms with E-state index in [1.54, 1.807) is 14.2 Å². The molecule has 0 amide bonds. The normalized spacial score (nSPS) is 11.2. The van der Waals surface area contributed by atoms with Crippen molar-refractivity contribution in [3.8, 4) is 33.8 Å². The second-order valence-corrected chi connectivity index (χ2v) is 15.5. The number of aromatic nitrogens is 4. The van der Waals surface area contributed by atoms with Crippen LogP contribution in [0.5, 0.6) is 11.5 Å². The average Bonchev–Trinajstić information content (AvgIpc) is 3.33. The van der Waals surface area contributed by atoms with Crippen molar-refractivity contribution >= 4 is 0 Å². The van der Waals surface area contributed by atoms with Crippen LogP contribution in [0.4, 0.5) is 0 Å². The van der Waals surface area contributed by atoms with Crippen LogP contribution >= 0.6 is 0 Å². The predicted molar refractivity (Wildman–Crippen MR) is 243 cm³/mol. The molecule has 330 valence electrons. The van der Waals surface area contributed by atoms with Crippen molar-refractivity contribution in [2.24, 2.45) is 0 Å². The number of pyridine rings is 4. The highest BCUT2D eigenvalue weighted by atomic mass is 16.5. The standard InChI is InChI=1S/C53H60N4O7/c1-59-27-29-61-31-33-63-52-7-3-43(4-8-52)38-54-19-11-48(12-20-54)50-15-23-56(24-16-50)40-45-35-46(37-47(36-45)42-58)41-57-25-17-51(18-26-57)49-13-21-55(22-14-49)39-44-5-9-53(10-6-44)64-34-32-62-30-28-60-2/h3-26,35-37,58H,27-34,38-42H2,1-2H3/q+4. The SMILES string of the molecule is COCCOCCOc1ccc(C[n+]2ccc(-c3cc[n+](Cc4cc(CO)cc(C[n+]5ccc(-c6cc[n+](Cc7ccc(OCCOCCOC)cc7)cc6)cc5)c4)cc3)cc2)cc1. The molecule has 64 heavy (non-hydrogen) atoms. The van der Waals surface area contributed by atoms with Gasteiger partial charge in [0.15, 0.2) is 75.8 Å². The third-order valence-electron chi connectivity index (χ3n) is 10.7.